The third-order valence-electron chi connectivity index (χ3n) is 5.71. The molecule has 1 aliphatic rings. The Morgan fingerprint density at radius 2 is 1.80 bits per heavy atom. The van der Waals surface area contributed by atoms with Crippen molar-refractivity contribution in [1.29, 1.82) is 0 Å². The molecule has 2 aromatic carbocycles. The van der Waals surface area contributed by atoms with E-state index >= 15 is 0 Å². The van der Waals surface area contributed by atoms with E-state index in [9.17, 15) is 4.79 Å². The van der Waals surface area contributed by atoms with Crippen LogP contribution < -0.4 is 14.8 Å². The summed E-state index contributed by atoms with van der Waals surface area (Å²) in [4.78, 5) is 14.8. The lowest BCUT2D eigenvalue weighted by Gasteiger charge is -2.38. The number of nitrogens with one attached hydrogen (secondary N) is 1. The van der Waals surface area contributed by atoms with Crippen LogP contribution >= 0.6 is 0 Å². The van der Waals surface area contributed by atoms with Crippen molar-refractivity contribution in [1.82, 2.24) is 10.2 Å². The molecule has 162 valence electrons. The molecule has 0 radical (unpaired) electrons. The first-order valence-electron chi connectivity index (χ1n) is 10.7. The number of aryl methyl sites for hydroxylation is 1. The molecule has 0 aromatic heterocycles. The summed E-state index contributed by atoms with van der Waals surface area (Å²) >= 11 is 0. The normalized spacial score (nSPS) is 16.3. The van der Waals surface area contributed by atoms with Gasteiger partial charge in [-0.05, 0) is 48.1 Å². The maximum Gasteiger partial charge on any atom is 0.220 e. The highest BCUT2D eigenvalue weighted by atomic mass is 16.5. The standard InChI is InChI=1S/C25H34N2O3/c1-17(2)12-25(28)26-15-22-21-14-24(30-5)23(29-4)13-20(21)10-11-27(22)16-19-8-6-18(3)7-9-19/h6-9,13-14,17,22H,10-12,15-16H2,1-5H3,(H,26,28). The Morgan fingerprint density at radius 1 is 1.13 bits per heavy atom. The van der Waals surface area contributed by atoms with Gasteiger partial charge in [0.2, 0.25) is 5.91 Å². The van der Waals surface area contributed by atoms with Crippen molar-refractivity contribution in [2.24, 2.45) is 5.92 Å². The van der Waals surface area contributed by atoms with Gasteiger partial charge in [0.15, 0.2) is 11.5 Å². The molecule has 0 aliphatic carbocycles. The van der Waals surface area contributed by atoms with Crippen molar-refractivity contribution in [3.8, 4) is 11.5 Å². The van der Waals surface area contributed by atoms with E-state index in [2.05, 4.69) is 67.4 Å². The van der Waals surface area contributed by atoms with Crippen LogP contribution in [-0.2, 0) is 17.8 Å². The number of methoxy groups -OCH3 is 2. The van der Waals surface area contributed by atoms with Gasteiger partial charge in [-0.15, -0.1) is 0 Å². The Bertz CT molecular complexity index is 861. The van der Waals surface area contributed by atoms with Crippen LogP contribution in [0.1, 0.15) is 48.6 Å². The second-order valence-electron chi connectivity index (χ2n) is 8.53. The minimum absolute atomic E-state index is 0.0889. The number of hydrogen-bond acceptors (Lipinski definition) is 4. The molecule has 3 rings (SSSR count). The number of ether oxygens (including phenoxy) is 2. The van der Waals surface area contributed by atoms with E-state index in [0.29, 0.717) is 18.9 Å². The Labute approximate surface area is 180 Å². The molecule has 1 unspecified atom stereocenters. The molecule has 1 amide bonds. The number of carbonyl (C=O) groups is 1. The van der Waals surface area contributed by atoms with Crippen molar-refractivity contribution in [2.45, 2.75) is 46.2 Å². The van der Waals surface area contributed by atoms with E-state index in [1.807, 2.05) is 0 Å². The second-order valence-corrected chi connectivity index (χ2v) is 8.53. The third-order valence-corrected chi connectivity index (χ3v) is 5.71. The monoisotopic (exact) mass is 410 g/mol. The average molecular weight is 411 g/mol. The fourth-order valence-corrected chi connectivity index (χ4v) is 4.09. The smallest absolute Gasteiger partial charge is 0.220 e. The zero-order valence-corrected chi connectivity index (χ0v) is 18.8. The number of benzene rings is 2. The molecule has 0 saturated carbocycles. The Kier molecular flexibility index (Phi) is 7.38. The van der Waals surface area contributed by atoms with Crippen LogP contribution in [0, 0.1) is 12.8 Å². The molecule has 5 heteroatoms. The van der Waals surface area contributed by atoms with Crippen molar-refractivity contribution in [3.63, 3.8) is 0 Å². The highest BCUT2D eigenvalue weighted by Gasteiger charge is 2.29. The Morgan fingerprint density at radius 3 is 2.43 bits per heavy atom. The highest BCUT2D eigenvalue weighted by Crippen LogP contribution is 2.38. The molecule has 1 N–H and O–H groups in total. The van der Waals surface area contributed by atoms with Crippen LogP contribution in [0.5, 0.6) is 11.5 Å². The predicted octanol–water partition coefficient (Wildman–Crippen LogP) is 4.27. The summed E-state index contributed by atoms with van der Waals surface area (Å²) in [6, 6.07) is 12.9. The largest absolute Gasteiger partial charge is 0.493 e. The van der Waals surface area contributed by atoms with Crippen LogP contribution in [-0.4, -0.2) is 38.1 Å². The zero-order valence-electron chi connectivity index (χ0n) is 18.8. The number of fused-ring (bicyclic) bond motifs is 1. The summed E-state index contributed by atoms with van der Waals surface area (Å²) in [5.74, 6) is 1.93. The summed E-state index contributed by atoms with van der Waals surface area (Å²) in [5, 5.41) is 3.16. The van der Waals surface area contributed by atoms with Crippen LogP contribution in [0.3, 0.4) is 0 Å². The van der Waals surface area contributed by atoms with Gasteiger partial charge in [-0.3, -0.25) is 9.69 Å². The van der Waals surface area contributed by atoms with Crippen molar-refractivity contribution >= 4 is 5.91 Å². The minimum atomic E-state index is 0.0889. The van der Waals surface area contributed by atoms with Gasteiger partial charge in [0.1, 0.15) is 0 Å². The summed E-state index contributed by atoms with van der Waals surface area (Å²) in [5.41, 5.74) is 5.01. The van der Waals surface area contributed by atoms with Gasteiger partial charge in [0, 0.05) is 26.1 Å². The first-order chi connectivity index (χ1) is 14.4. The van der Waals surface area contributed by atoms with Crippen LogP contribution in [0.15, 0.2) is 36.4 Å². The summed E-state index contributed by atoms with van der Waals surface area (Å²) in [6.07, 6.45) is 1.49. The number of amides is 1. The summed E-state index contributed by atoms with van der Waals surface area (Å²) < 4.78 is 11.1. The first-order valence-corrected chi connectivity index (χ1v) is 10.7. The number of carbonyl (C=O) groups excluding carboxylic acids is 1. The topological polar surface area (TPSA) is 50.8 Å². The molecule has 30 heavy (non-hydrogen) atoms. The summed E-state index contributed by atoms with van der Waals surface area (Å²) in [7, 11) is 3.33. The van der Waals surface area contributed by atoms with Crippen LogP contribution in [0.2, 0.25) is 0 Å². The fourth-order valence-electron chi connectivity index (χ4n) is 4.09. The van der Waals surface area contributed by atoms with Crippen LogP contribution in [0.25, 0.3) is 0 Å². The third kappa shape index (κ3) is 5.33. The van der Waals surface area contributed by atoms with Gasteiger partial charge in [-0.1, -0.05) is 43.7 Å². The molecule has 1 aliphatic heterocycles. The van der Waals surface area contributed by atoms with E-state index in [4.69, 9.17) is 9.47 Å². The van der Waals surface area contributed by atoms with E-state index in [0.717, 1.165) is 31.0 Å². The fraction of sp³-hybridized carbons (Fsp3) is 0.480. The molecule has 1 atom stereocenters. The number of nitrogens with zero attached hydrogens (tertiary/aromatic N) is 1. The van der Waals surface area contributed by atoms with Gasteiger partial charge in [0.05, 0.1) is 20.3 Å². The van der Waals surface area contributed by atoms with Crippen LogP contribution in [0.4, 0.5) is 0 Å². The van der Waals surface area contributed by atoms with Gasteiger partial charge >= 0.3 is 0 Å². The molecular weight excluding hydrogens is 376 g/mol. The highest BCUT2D eigenvalue weighted by molar-refractivity contribution is 5.76. The lowest BCUT2D eigenvalue weighted by Crippen LogP contribution is -2.42. The van der Waals surface area contributed by atoms with Gasteiger partial charge < -0.3 is 14.8 Å². The molecule has 2 aromatic rings. The molecule has 0 fully saturated rings. The molecular formula is C25H34N2O3. The minimum Gasteiger partial charge on any atom is -0.493 e. The van der Waals surface area contributed by atoms with Crippen molar-refractivity contribution < 1.29 is 14.3 Å². The predicted molar refractivity (Wildman–Crippen MR) is 120 cm³/mol. The summed E-state index contributed by atoms with van der Waals surface area (Å²) in [6.45, 7) is 8.60. The first kappa shape index (κ1) is 22.2. The second kappa shape index (κ2) is 9.98. The van der Waals surface area contributed by atoms with E-state index in [-0.39, 0.29) is 11.9 Å². The zero-order chi connectivity index (χ0) is 21.7. The Balaban J connectivity index is 1.88. The van der Waals surface area contributed by atoms with Gasteiger partial charge in [-0.2, -0.15) is 0 Å². The lowest BCUT2D eigenvalue weighted by molar-refractivity contribution is -0.122. The molecule has 5 nitrogen and oxygen atoms in total. The van der Waals surface area contributed by atoms with E-state index in [1.165, 1.54) is 22.3 Å². The maximum absolute atomic E-state index is 12.4. The Hall–Kier alpha value is -2.53. The van der Waals surface area contributed by atoms with E-state index < -0.39 is 0 Å². The van der Waals surface area contributed by atoms with Crippen molar-refractivity contribution in [2.75, 3.05) is 27.3 Å². The van der Waals surface area contributed by atoms with Gasteiger partial charge in [0.25, 0.3) is 0 Å². The average Bonchev–Trinajstić information content (AvgIpc) is 2.72. The molecule has 0 spiro atoms. The SMILES string of the molecule is COc1cc2c(cc1OC)C(CNC(=O)CC(C)C)N(Cc1ccc(C)cc1)CC2. The number of rotatable bonds is 8. The lowest BCUT2D eigenvalue weighted by atomic mass is 9.91. The number of hydrogen-bond donors (Lipinski definition) is 1. The van der Waals surface area contributed by atoms with Crippen molar-refractivity contribution in [3.05, 3.63) is 58.7 Å². The van der Waals surface area contributed by atoms with E-state index in [1.54, 1.807) is 14.2 Å². The molecule has 0 saturated heterocycles. The molecule has 0 bridgehead atoms. The van der Waals surface area contributed by atoms with Gasteiger partial charge in [-0.25, -0.2) is 0 Å². The molecule has 1 heterocycles. The maximum atomic E-state index is 12.4. The quantitative estimate of drug-likeness (QED) is 0.706.